The number of nitrogens with zero attached hydrogens (tertiary/aromatic N) is 5. The first kappa shape index (κ1) is 53.3. The lowest BCUT2D eigenvalue weighted by Gasteiger charge is -2.03. The predicted molar refractivity (Wildman–Crippen MR) is 245 cm³/mol. The third-order valence-electron chi connectivity index (χ3n) is 10.2. The zero-order valence-corrected chi connectivity index (χ0v) is 38.9. The van der Waals surface area contributed by atoms with E-state index in [9.17, 15) is 33.6 Å². The van der Waals surface area contributed by atoms with Gasteiger partial charge in [-0.3, -0.25) is 72.3 Å². The third-order valence-corrected chi connectivity index (χ3v) is 10.2. The Morgan fingerprint density at radius 1 is 0.552 bits per heavy atom. The standard InChI is InChI=1S/C24H29N7O4.C20H28N8O3.ClH/c1-29-11-15(8-22(34)19-10-17(28-14-32)13-31(19)3)6-18(29)21(33)9-16-7-20(30(2)12-16)24(35)27-5-4-23(25)26;1-27-10-12(5-14(29)9-26-20(23)24)6-15(27)17(30)8-13-7-16(28(2)11-13)19(31)25-4-3-18(21)22;/h6-7,10-14H,4-5,8-9H2,1-3H3,(H3,25,26)(H,27,35)(H,28,32);6-7,10-11H,3-5,8-9H2,1-2H3,(H3,21,22)(H,25,31)(H4,23,24,26);1H/p+2. The summed E-state index contributed by atoms with van der Waals surface area (Å²) < 4.78 is 8.35. The molecule has 5 rings (SSSR count). The summed E-state index contributed by atoms with van der Waals surface area (Å²) in [4.78, 5) is 88.4. The normalized spacial score (nSPS) is 10.5. The zero-order valence-electron chi connectivity index (χ0n) is 38.2. The highest BCUT2D eigenvalue weighted by molar-refractivity contribution is 6.00. The molecule has 0 aliphatic heterocycles. The number of amidine groups is 2. The lowest BCUT2D eigenvalue weighted by Crippen LogP contribution is -3.00. The van der Waals surface area contributed by atoms with Crippen LogP contribution >= 0.6 is 0 Å². The zero-order chi connectivity index (χ0) is 48.8. The second-order valence-corrected chi connectivity index (χ2v) is 15.9. The van der Waals surface area contributed by atoms with Crippen LogP contribution in [0.4, 0.5) is 5.69 Å². The Kier molecular flexibility index (Phi) is 19.4. The maximum Gasteiger partial charge on any atom is 0.339 e. The van der Waals surface area contributed by atoms with Gasteiger partial charge in [0.1, 0.15) is 17.9 Å². The number of hydrogen-bond donors (Lipinski definition) is 10. The van der Waals surface area contributed by atoms with Crippen molar-refractivity contribution in [1.82, 2.24) is 33.5 Å². The molecular formula is C44H60ClN15O7+2. The summed E-state index contributed by atoms with van der Waals surface area (Å²) >= 11 is 0. The van der Waals surface area contributed by atoms with Crippen LogP contribution in [-0.4, -0.2) is 101 Å². The van der Waals surface area contributed by atoms with Crippen LogP contribution in [0.2, 0.25) is 0 Å². The Labute approximate surface area is 392 Å². The minimum absolute atomic E-state index is 0. The van der Waals surface area contributed by atoms with Crippen molar-refractivity contribution in [3.8, 4) is 0 Å². The van der Waals surface area contributed by atoms with Crippen LogP contribution < -0.4 is 67.1 Å². The molecular weight excluding hydrogens is 886 g/mol. The number of aryl methyl sites for hydroxylation is 5. The molecule has 67 heavy (non-hydrogen) atoms. The van der Waals surface area contributed by atoms with Crippen LogP contribution in [0.5, 0.6) is 0 Å². The van der Waals surface area contributed by atoms with Crippen LogP contribution in [0, 0.1) is 0 Å². The van der Waals surface area contributed by atoms with E-state index in [1.165, 1.54) is 0 Å². The van der Waals surface area contributed by atoms with Gasteiger partial charge in [-0.25, -0.2) is 0 Å². The smallest absolute Gasteiger partial charge is 0.339 e. The van der Waals surface area contributed by atoms with Crippen LogP contribution in [0.1, 0.15) is 87.5 Å². The second kappa shape index (κ2) is 24.3. The first-order valence-electron chi connectivity index (χ1n) is 20.7. The van der Waals surface area contributed by atoms with Gasteiger partial charge >= 0.3 is 5.96 Å². The molecule has 0 aromatic carbocycles. The minimum Gasteiger partial charge on any atom is -1.00 e. The molecule has 23 heteroatoms. The molecule has 5 aromatic heterocycles. The van der Waals surface area contributed by atoms with E-state index in [-0.39, 0.29) is 97.2 Å². The van der Waals surface area contributed by atoms with Gasteiger partial charge in [0.15, 0.2) is 23.1 Å². The lowest BCUT2D eigenvalue weighted by molar-refractivity contribution is -0.445. The molecule has 0 aliphatic carbocycles. The number of anilines is 1. The van der Waals surface area contributed by atoms with Crippen molar-refractivity contribution in [3.63, 3.8) is 0 Å². The van der Waals surface area contributed by atoms with E-state index >= 15 is 0 Å². The predicted octanol–water partition coefficient (Wildman–Crippen LogP) is -8.15. The summed E-state index contributed by atoms with van der Waals surface area (Å²) in [5, 5.41) is 18.8. The molecule has 0 atom stereocenters. The van der Waals surface area contributed by atoms with Crippen molar-refractivity contribution >= 4 is 64.7 Å². The summed E-state index contributed by atoms with van der Waals surface area (Å²) in [6.45, 7) is 0.672. The van der Waals surface area contributed by atoms with Gasteiger partial charge in [-0.05, 0) is 52.6 Å². The average Bonchev–Trinajstić information content (AvgIpc) is 4.05. The van der Waals surface area contributed by atoms with Gasteiger partial charge in [0.05, 0.1) is 35.6 Å². The number of amides is 3. The van der Waals surface area contributed by atoms with E-state index in [1.54, 1.807) is 119 Å². The van der Waals surface area contributed by atoms with Crippen LogP contribution in [0.3, 0.4) is 0 Å². The number of carbonyl (C=O) groups excluding carboxylic acids is 7. The van der Waals surface area contributed by atoms with E-state index in [4.69, 9.17) is 33.8 Å². The van der Waals surface area contributed by atoms with E-state index < -0.39 is 0 Å². The topological polar surface area (TPSA) is 349 Å². The Morgan fingerprint density at radius 2 is 0.896 bits per heavy atom. The van der Waals surface area contributed by atoms with Gasteiger partial charge in [-0.1, -0.05) is 0 Å². The fraction of sp³-hybridized carbons (Fsp3) is 0.318. The maximum atomic E-state index is 13.0. The summed E-state index contributed by atoms with van der Waals surface area (Å²) in [6.07, 6.45) is 10.4. The third kappa shape index (κ3) is 15.6. The summed E-state index contributed by atoms with van der Waals surface area (Å²) in [5.41, 5.74) is 27.0. The first-order valence-corrected chi connectivity index (χ1v) is 20.7. The highest BCUT2D eigenvalue weighted by atomic mass is 35.5. The minimum atomic E-state index is -0.278. The monoisotopic (exact) mass is 945 g/mol. The molecule has 0 saturated heterocycles. The van der Waals surface area contributed by atoms with Gasteiger partial charge < -0.3 is 51.2 Å². The van der Waals surface area contributed by atoms with Crippen molar-refractivity contribution in [2.45, 2.75) is 38.5 Å². The molecule has 0 aliphatic rings. The molecule has 5 aromatic rings. The van der Waals surface area contributed by atoms with Crippen molar-refractivity contribution in [3.05, 3.63) is 112 Å². The lowest BCUT2D eigenvalue weighted by atomic mass is 10.1. The molecule has 0 bridgehead atoms. The Balaban J connectivity index is 0.000000353. The quantitative estimate of drug-likeness (QED) is 0.0127. The van der Waals surface area contributed by atoms with Crippen molar-refractivity contribution in [2.24, 2.45) is 58.2 Å². The number of nitrogens with one attached hydrogen (secondary N) is 4. The van der Waals surface area contributed by atoms with E-state index in [0.29, 0.717) is 83.2 Å². The fourth-order valence-corrected chi connectivity index (χ4v) is 7.05. The van der Waals surface area contributed by atoms with Gasteiger partial charge in [-0.2, -0.15) is 0 Å². The molecule has 0 fully saturated rings. The van der Waals surface area contributed by atoms with Crippen LogP contribution in [-0.2, 0) is 70.5 Å². The number of rotatable bonds is 23. The van der Waals surface area contributed by atoms with Crippen molar-refractivity contribution in [2.75, 3.05) is 25.0 Å². The highest BCUT2D eigenvalue weighted by Crippen LogP contribution is 2.19. The van der Waals surface area contributed by atoms with E-state index in [1.807, 2.05) is 0 Å². The summed E-state index contributed by atoms with van der Waals surface area (Å²) in [5.74, 6) is -0.571. The molecule has 0 unspecified atom stereocenters. The summed E-state index contributed by atoms with van der Waals surface area (Å²) in [6, 6.07) is 8.36. The summed E-state index contributed by atoms with van der Waals surface area (Å²) in [7, 11) is 8.69. The number of nitrogens with two attached hydrogens (primary N) is 6. The van der Waals surface area contributed by atoms with Gasteiger partial charge in [0.25, 0.3) is 11.8 Å². The largest absolute Gasteiger partial charge is 1.00 e. The first-order chi connectivity index (χ1) is 31.1. The number of aromatic nitrogens is 5. The van der Waals surface area contributed by atoms with Crippen LogP contribution in [0.15, 0.2) is 61.3 Å². The number of Topliss-reactive ketones (excluding diaryl/α,β-unsaturated/α-hetero) is 4. The SMILES string of the molecule is Cn1cc(CC(=O)C[NH+]=C(N)N)cc1C(=O)Cc1cc(C(=O)NCCC(N)=[NH2+])n(C)c1.Cn1cc(CC(=O)c2cc(NC=O)cn2C)cc1C(=O)Cc1cc(C(=O)NCCC(N)=[NH2+])n(C)c1.[Cl-]. The van der Waals surface area contributed by atoms with Crippen LogP contribution in [0.25, 0.3) is 0 Å². The molecule has 22 nitrogen and oxygen atoms in total. The second-order valence-electron chi connectivity index (χ2n) is 15.9. The molecule has 16 N–H and O–H groups in total. The number of guanidine groups is 1. The molecule has 0 radical (unpaired) electrons. The molecule has 0 spiro atoms. The number of carbonyl (C=O) groups is 7. The van der Waals surface area contributed by atoms with Crippen molar-refractivity contribution in [1.29, 1.82) is 0 Å². The number of ketones is 4. The molecule has 3 amide bonds. The Bertz CT molecular complexity index is 2690. The fourth-order valence-electron chi connectivity index (χ4n) is 7.05. The molecule has 5 heterocycles. The van der Waals surface area contributed by atoms with Crippen molar-refractivity contribution < 1.29 is 61.8 Å². The number of halogens is 1. The maximum absolute atomic E-state index is 13.0. The van der Waals surface area contributed by atoms with E-state index in [0.717, 1.165) is 5.56 Å². The average molecular weight is 947 g/mol. The molecule has 0 saturated carbocycles. The van der Waals surface area contributed by atoms with Gasteiger partial charge in [-0.15, -0.1) is 0 Å². The van der Waals surface area contributed by atoms with E-state index in [2.05, 4.69) is 20.9 Å². The highest BCUT2D eigenvalue weighted by Gasteiger charge is 2.21. The van der Waals surface area contributed by atoms with Gasteiger partial charge in [0, 0.05) is 105 Å². The Morgan fingerprint density at radius 3 is 1.27 bits per heavy atom. The Hall–Kier alpha value is -8.01. The van der Waals surface area contributed by atoms with Gasteiger partial charge in [0.2, 0.25) is 18.1 Å². The molecule has 358 valence electrons. The number of hydrogen-bond acceptors (Lipinski definition) is 7.